The summed E-state index contributed by atoms with van der Waals surface area (Å²) in [5, 5.41) is 0.946. The van der Waals surface area contributed by atoms with Gasteiger partial charge < -0.3 is 4.90 Å². The number of carbonyl (C=O) groups excluding carboxylic acids is 1. The van der Waals surface area contributed by atoms with Crippen LogP contribution in [0.2, 0.25) is 0 Å². The minimum Gasteiger partial charge on any atom is -0.336 e. The minimum atomic E-state index is 0.150. The Hall–Kier alpha value is -2.68. The van der Waals surface area contributed by atoms with Gasteiger partial charge in [0.15, 0.2) is 0 Å². The summed E-state index contributed by atoms with van der Waals surface area (Å²) in [5.41, 5.74) is 4.89. The lowest BCUT2D eigenvalue weighted by atomic mass is 9.97. The van der Waals surface area contributed by atoms with Crippen LogP contribution in [0, 0.1) is 0 Å². The Kier molecular flexibility index (Phi) is 5.43. The van der Waals surface area contributed by atoms with Crippen molar-refractivity contribution in [3.05, 3.63) is 65.7 Å². The number of para-hydroxylation sites is 1. The summed E-state index contributed by atoms with van der Waals surface area (Å²) in [6.45, 7) is 5.19. The number of nitrogens with zero attached hydrogens (tertiary/aromatic N) is 2. The van der Waals surface area contributed by atoms with Crippen LogP contribution in [0.1, 0.15) is 55.5 Å². The zero-order valence-electron chi connectivity index (χ0n) is 16.8. The Labute approximate surface area is 167 Å². The standard InChI is InChI=1S/C25H28N2O/c1-3-18-12-14-19(15-13-18)24-17-22(21-10-5-6-11-23(21)26-24)25(28)27-16-8-7-9-20(27)4-2/h5-6,10-15,17,20H,3-4,7-9,16H2,1-2H3. The fourth-order valence-corrected chi connectivity index (χ4v) is 4.26. The monoisotopic (exact) mass is 372 g/mol. The summed E-state index contributed by atoms with van der Waals surface area (Å²) in [4.78, 5) is 20.5. The molecule has 1 fully saturated rings. The average molecular weight is 373 g/mol. The van der Waals surface area contributed by atoms with Crippen molar-refractivity contribution in [1.82, 2.24) is 9.88 Å². The number of rotatable bonds is 4. The van der Waals surface area contributed by atoms with Crippen LogP contribution in [-0.2, 0) is 6.42 Å². The Morgan fingerprint density at radius 1 is 1.07 bits per heavy atom. The van der Waals surface area contributed by atoms with E-state index in [0.717, 1.165) is 60.0 Å². The van der Waals surface area contributed by atoms with Crippen LogP contribution < -0.4 is 0 Å². The summed E-state index contributed by atoms with van der Waals surface area (Å²) in [7, 11) is 0. The van der Waals surface area contributed by atoms with Gasteiger partial charge in [-0.15, -0.1) is 0 Å². The lowest BCUT2D eigenvalue weighted by Crippen LogP contribution is -2.43. The van der Waals surface area contributed by atoms with Gasteiger partial charge in [0.1, 0.15) is 0 Å². The maximum atomic E-state index is 13.6. The van der Waals surface area contributed by atoms with Crippen molar-refractivity contribution in [3.63, 3.8) is 0 Å². The smallest absolute Gasteiger partial charge is 0.254 e. The predicted octanol–water partition coefficient (Wildman–Crippen LogP) is 5.87. The third-order valence-corrected chi connectivity index (χ3v) is 5.96. The highest BCUT2D eigenvalue weighted by molar-refractivity contribution is 6.07. The van der Waals surface area contributed by atoms with Crippen LogP contribution in [0.25, 0.3) is 22.2 Å². The Bertz CT molecular complexity index is 978. The first-order valence-electron chi connectivity index (χ1n) is 10.5. The number of hydrogen-bond donors (Lipinski definition) is 0. The second kappa shape index (κ2) is 8.14. The number of pyridine rings is 1. The first-order valence-corrected chi connectivity index (χ1v) is 10.5. The van der Waals surface area contributed by atoms with Crippen molar-refractivity contribution in [2.75, 3.05) is 6.54 Å². The van der Waals surface area contributed by atoms with Crippen molar-refractivity contribution in [1.29, 1.82) is 0 Å². The van der Waals surface area contributed by atoms with E-state index >= 15 is 0 Å². The normalized spacial score (nSPS) is 17.1. The highest BCUT2D eigenvalue weighted by Crippen LogP contribution is 2.29. The van der Waals surface area contributed by atoms with Gasteiger partial charge in [0, 0.05) is 23.5 Å². The Morgan fingerprint density at radius 2 is 1.86 bits per heavy atom. The molecule has 2 aromatic carbocycles. The fourth-order valence-electron chi connectivity index (χ4n) is 4.26. The van der Waals surface area contributed by atoms with Crippen LogP contribution in [0.15, 0.2) is 54.6 Å². The van der Waals surface area contributed by atoms with Crippen LogP contribution in [0.4, 0.5) is 0 Å². The molecule has 1 saturated heterocycles. The molecular weight excluding hydrogens is 344 g/mol. The lowest BCUT2D eigenvalue weighted by Gasteiger charge is -2.35. The van der Waals surface area contributed by atoms with Crippen LogP contribution in [0.5, 0.6) is 0 Å². The van der Waals surface area contributed by atoms with Gasteiger partial charge in [-0.1, -0.05) is 56.3 Å². The number of piperidine rings is 1. The number of hydrogen-bond acceptors (Lipinski definition) is 2. The topological polar surface area (TPSA) is 33.2 Å². The Balaban J connectivity index is 1.81. The third kappa shape index (κ3) is 3.54. The molecule has 0 bridgehead atoms. The number of aryl methyl sites for hydroxylation is 1. The molecule has 3 heteroatoms. The van der Waals surface area contributed by atoms with E-state index in [4.69, 9.17) is 4.98 Å². The molecule has 1 amide bonds. The molecule has 0 aliphatic carbocycles. The van der Waals surface area contributed by atoms with Gasteiger partial charge in [0.25, 0.3) is 5.91 Å². The van der Waals surface area contributed by atoms with E-state index in [0.29, 0.717) is 6.04 Å². The van der Waals surface area contributed by atoms with E-state index in [1.165, 1.54) is 12.0 Å². The zero-order valence-corrected chi connectivity index (χ0v) is 16.8. The van der Waals surface area contributed by atoms with Crippen molar-refractivity contribution in [2.45, 2.75) is 52.0 Å². The van der Waals surface area contributed by atoms with Crippen LogP contribution in [0.3, 0.4) is 0 Å². The number of fused-ring (bicyclic) bond motifs is 1. The quantitative estimate of drug-likeness (QED) is 0.574. The number of aromatic nitrogens is 1. The van der Waals surface area contributed by atoms with Crippen molar-refractivity contribution < 1.29 is 4.79 Å². The Morgan fingerprint density at radius 3 is 2.61 bits per heavy atom. The number of benzene rings is 2. The summed E-state index contributed by atoms with van der Waals surface area (Å²) in [5.74, 6) is 0.150. The molecule has 1 aliphatic rings. The van der Waals surface area contributed by atoms with Gasteiger partial charge in [-0.25, -0.2) is 4.98 Å². The molecule has 1 aliphatic heterocycles. The molecule has 3 nitrogen and oxygen atoms in total. The summed E-state index contributed by atoms with van der Waals surface area (Å²) in [6.07, 6.45) is 5.45. The third-order valence-electron chi connectivity index (χ3n) is 5.96. The maximum absolute atomic E-state index is 13.6. The molecule has 144 valence electrons. The van der Waals surface area contributed by atoms with Gasteiger partial charge >= 0.3 is 0 Å². The summed E-state index contributed by atoms with van der Waals surface area (Å²) in [6, 6.07) is 18.9. The largest absolute Gasteiger partial charge is 0.336 e. The van der Waals surface area contributed by atoms with E-state index in [1.807, 2.05) is 30.3 Å². The molecule has 1 aromatic heterocycles. The van der Waals surface area contributed by atoms with Gasteiger partial charge in [-0.3, -0.25) is 4.79 Å². The lowest BCUT2D eigenvalue weighted by molar-refractivity contribution is 0.0610. The molecular formula is C25H28N2O. The SMILES string of the molecule is CCc1ccc(-c2cc(C(=O)N3CCCCC3CC)c3ccccc3n2)cc1. The van der Waals surface area contributed by atoms with Crippen molar-refractivity contribution in [3.8, 4) is 11.3 Å². The fraction of sp³-hybridized carbons (Fsp3) is 0.360. The predicted molar refractivity (Wildman–Crippen MR) is 116 cm³/mol. The second-order valence-corrected chi connectivity index (χ2v) is 7.68. The first-order chi connectivity index (χ1) is 13.7. The van der Waals surface area contributed by atoms with E-state index in [-0.39, 0.29) is 5.91 Å². The van der Waals surface area contributed by atoms with Gasteiger partial charge in [0.05, 0.1) is 16.8 Å². The molecule has 0 spiro atoms. The molecule has 4 rings (SSSR count). The summed E-state index contributed by atoms with van der Waals surface area (Å²) >= 11 is 0. The number of likely N-dealkylation sites (tertiary alicyclic amines) is 1. The maximum Gasteiger partial charge on any atom is 0.254 e. The average Bonchev–Trinajstić information content (AvgIpc) is 2.77. The minimum absolute atomic E-state index is 0.150. The van der Waals surface area contributed by atoms with Crippen molar-refractivity contribution in [2.24, 2.45) is 0 Å². The molecule has 1 atom stereocenters. The van der Waals surface area contributed by atoms with Crippen LogP contribution >= 0.6 is 0 Å². The van der Waals surface area contributed by atoms with E-state index < -0.39 is 0 Å². The highest BCUT2D eigenvalue weighted by Gasteiger charge is 2.27. The molecule has 2 heterocycles. The van der Waals surface area contributed by atoms with Gasteiger partial charge in [0.2, 0.25) is 0 Å². The van der Waals surface area contributed by atoms with Crippen LogP contribution in [-0.4, -0.2) is 28.4 Å². The molecule has 28 heavy (non-hydrogen) atoms. The zero-order chi connectivity index (χ0) is 19.5. The van der Waals surface area contributed by atoms with E-state index in [2.05, 4.69) is 43.0 Å². The highest BCUT2D eigenvalue weighted by atomic mass is 16.2. The summed E-state index contributed by atoms with van der Waals surface area (Å²) < 4.78 is 0. The number of amides is 1. The molecule has 1 unspecified atom stereocenters. The first kappa shape index (κ1) is 18.7. The molecule has 0 radical (unpaired) electrons. The van der Waals surface area contributed by atoms with Gasteiger partial charge in [-0.2, -0.15) is 0 Å². The van der Waals surface area contributed by atoms with E-state index in [1.54, 1.807) is 0 Å². The van der Waals surface area contributed by atoms with Crippen molar-refractivity contribution >= 4 is 16.8 Å². The number of carbonyl (C=O) groups is 1. The molecule has 0 N–H and O–H groups in total. The van der Waals surface area contributed by atoms with E-state index in [9.17, 15) is 4.79 Å². The van der Waals surface area contributed by atoms with Gasteiger partial charge in [-0.05, 0) is 49.8 Å². The molecule has 3 aromatic rings. The second-order valence-electron chi connectivity index (χ2n) is 7.68. The molecule has 0 saturated carbocycles.